The number of amides is 1. The third-order valence-electron chi connectivity index (χ3n) is 5.28. The summed E-state index contributed by atoms with van der Waals surface area (Å²) < 4.78 is 10.9. The number of fused-ring (bicyclic) bond motifs is 1. The van der Waals surface area contributed by atoms with Gasteiger partial charge in [-0.25, -0.2) is 19.6 Å². The molecule has 1 N–H and O–H groups in total. The quantitative estimate of drug-likeness (QED) is 0.345. The van der Waals surface area contributed by atoms with E-state index in [1.807, 2.05) is 0 Å². The number of rotatable bonds is 7. The summed E-state index contributed by atoms with van der Waals surface area (Å²) in [4.78, 5) is 39.2. The predicted molar refractivity (Wildman–Crippen MR) is 136 cm³/mol. The van der Waals surface area contributed by atoms with Crippen LogP contribution in [0.5, 0.6) is 5.75 Å². The van der Waals surface area contributed by atoms with Gasteiger partial charge in [0, 0.05) is 43.6 Å². The molecule has 0 radical (unpaired) electrons. The van der Waals surface area contributed by atoms with Crippen LogP contribution in [0.25, 0.3) is 10.9 Å². The fraction of sp³-hybridized carbons (Fsp3) is 0.192. The summed E-state index contributed by atoms with van der Waals surface area (Å²) in [5.74, 6) is 0.175. The van der Waals surface area contributed by atoms with Gasteiger partial charge in [-0.15, -0.1) is 0 Å². The monoisotopic (exact) mass is 505 g/mol. The second-order valence-corrected chi connectivity index (χ2v) is 8.34. The highest BCUT2D eigenvalue weighted by atomic mass is 35.5. The smallest absolute Gasteiger partial charge is 0.414 e. The van der Waals surface area contributed by atoms with Crippen LogP contribution < -0.4 is 10.1 Å². The van der Waals surface area contributed by atoms with Gasteiger partial charge in [-0.1, -0.05) is 23.7 Å². The molecule has 0 saturated carbocycles. The van der Waals surface area contributed by atoms with Crippen molar-refractivity contribution in [3.63, 3.8) is 0 Å². The maximum atomic E-state index is 12.6. The second-order valence-electron chi connectivity index (χ2n) is 7.93. The number of esters is 1. The van der Waals surface area contributed by atoms with Crippen LogP contribution in [0, 0.1) is 0 Å². The molecule has 1 amide bonds. The molecule has 0 fully saturated rings. The number of nitrogens with one attached hydrogen (secondary N) is 1. The van der Waals surface area contributed by atoms with E-state index in [0.29, 0.717) is 33.0 Å². The number of aromatic nitrogens is 3. The molecule has 0 aliphatic rings. The third kappa shape index (κ3) is 5.36. The molecule has 2 heterocycles. The molecule has 0 aliphatic carbocycles. The Morgan fingerprint density at radius 2 is 1.72 bits per heavy atom. The molecule has 0 aliphatic heterocycles. The first-order chi connectivity index (χ1) is 17.4. The van der Waals surface area contributed by atoms with Gasteiger partial charge < -0.3 is 19.7 Å². The summed E-state index contributed by atoms with van der Waals surface area (Å²) in [7, 11) is 3.18. The highest BCUT2D eigenvalue weighted by molar-refractivity contribution is 6.35. The number of nitrogens with zero attached hydrogens (tertiary/aromatic N) is 4. The maximum Gasteiger partial charge on any atom is 0.414 e. The lowest BCUT2D eigenvalue weighted by molar-refractivity contribution is 0.0526. The van der Waals surface area contributed by atoms with Crippen molar-refractivity contribution >= 4 is 40.5 Å². The Morgan fingerprint density at radius 1 is 1.03 bits per heavy atom. The fourth-order valence-electron chi connectivity index (χ4n) is 3.57. The van der Waals surface area contributed by atoms with Crippen LogP contribution in [0.2, 0.25) is 5.02 Å². The molecule has 10 heteroatoms. The molecule has 1 unspecified atom stereocenters. The van der Waals surface area contributed by atoms with Gasteiger partial charge in [-0.05, 0) is 48.9 Å². The molecule has 1 atom stereocenters. The van der Waals surface area contributed by atoms with E-state index in [9.17, 15) is 9.59 Å². The number of hydrogen-bond donors (Lipinski definition) is 1. The SMILES string of the molecule is CCOC(=O)c1ccc(C(Nc2ncccn2)c2cc(Cl)c3cccnc3c2OC(=O)N(C)C)cc1. The number of pyridine rings is 1. The van der Waals surface area contributed by atoms with Crippen LogP contribution in [-0.4, -0.2) is 52.6 Å². The third-order valence-corrected chi connectivity index (χ3v) is 5.60. The molecule has 184 valence electrons. The van der Waals surface area contributed by atoms with Crippen molar-refractivity contribution in [1.29, 1.82) is 0 Å². The first kappa shape index (κ1) is 24.9. The number of ether oxygens (including phenoxy) is 2. The Balaban J connectivity index is 1.89. The summed E-state index contributed by atoms with van der Waals surface area (Å²) in [5, 5.41) is 4.36. The average Bonchev–Trinajstić information content (AvgIpc) is 2.89. The molecule has 2 aromatic heterocycles. The van der Waals surface area contributed by atoms with E-state index in [2.05, 4.69) is 20.3 Å². The zero-order chi connectivity index (χ0) is 25.7. The topological polar surface area (TPSA) is 107 Å². The fourth-order valence-corrected chi connectivity index (χ4v) is 3.84. The zero-order valence-electron chi connectivity index (χ0n) is 19.9. The predicted octanol–water partition coefficient (Wildman–Crippen LogP) is 5.12. The number of hydrogen-bond acceptors (Lipinski definition) is 8. The Kier molecular flexibility index (Phi) is 7.60. The van der Waals surface area contributed by atoms with Crippen LogP contribution in [0.15, 0.2) is 67.1 Å². The van der Waals surface area contributed by atoms with Gasteiger partial charge >= 0.3 is 12.1 Å². The number of benzene rings is 2. The largest absolute Gasteiger partial charge is 0.462 e. The summed E-state index contributed by atoms with van der Waals surface area (Å²) >= 11 is 6.66. The van der Waals surface area contributed by atoms with Crippen molar-refractivity contribution in [2.45, 2.75) is 13.0 Å². The molecule has 36 heavy (non-hydrogen) atoms. The summed E-state index contributed by atoms with van der Waals surface area (Å²) in [6.45, 7) is 2.03. The minimum absolute atomic E-state index is 0.247. The van der Waals surface area contributed by atoms with E-state index in [1.54, 1.807) is 88.1 Å². The van der Waals surface area contributed by atoms with Crippen molar-refractivity contribution in [2.24, 2.45) is 0 Å². The molecule has 2 aromatic carbocycles. The number of carbonyl (C=O) groups excluding carboxylic acids is 2. The van der Waals surface area contributed by atoms with Crippen LogP contribution in [-0.2, 0) is 4.74 Å². The van der Waals surface area contributed by atoms with Crippen LogP contribution in [0.3, 0.4) is 0 Å². The molecular formula is C26H24ClN5O4. The van der Waals surface area contributed by atoms with E-state index in [0.717, 1.165) is 5.56 Å². The van der Waals surface area contributed by atoms with E-state index >= 15 is 0 Å². The van der Waals surface area contributed by atoms with Crippen molar-refractivity contribution in [1.82, 2.24) is 19.9 Å². The van der Waals surface area contributed by atoms with Gasteiger partial charge in [0.05, 0.1) is 23.2 Å². The normalized spacial score (nSPS) is 11.6. The van der Waals surface area contributed by atoms with Crippen molar-refractivity contribution in [3.05, 3.63) is 88.8 Å². The Labute approximate surface area is 213 Å². The molecular weight excluding hydrogens is 482 g/mol. The van der Waals surface area contributed by atoms with Gasteiger partial charge in [0.15, 0.2) is 5.75 Å². The highest BCUT2D eigenvalue weighted by Crippen LogP contribution is 2.40. The number of anilines is 1. The molecule has 9 nitrogen and oxygen atoms in total. The minimum atomic E-state index is -0.613. The minimum Gasteiger partial charge on any atom is -0.462 e. The lowest BCUT2D eigenvalue weighted by Crippen LogP contribution is -2.26. The van der Waals surface area contributed by atoms with Crippen LogP contribution in [0.4, 0.5) is 10.7 Å². The first-order valence-electron chi connectivity index (χ1n) is 11.2. The van der Waals surface area contributed by atoms with Gasteiger partial charge in [0.1, 0.15) is 5.52 Å². The zero-order valence-corrected chi connectivity index (χ0v) is 20.7. The first-order valence-corrected chi connectivity index (χ1v) is 11.5. The van der Waals surface area contributed by atoms with Gasteiger partial charge in [0.2, 0.25) is 5.95 Å². The van der Waals surface area contributed by atoms with E-state index < -0.39 is 18.1 Å². The van der Waals surface area contributed by atoms with Gasteiger partial charge in [-0.2, -0.15) is 0 Å². The van der Waals surface area contributed by atoms with Crippen molar-refractivity contribution < 1.29 is 19.1 Å². The number of halogens is 1. The number of carbonyl (C=O) groups is 2. The maximum absolute atomic E-state index is 12.6. The van der Waals surface area contributed by atoms with Gasteiger partial charge in [-0.3, -0.25) is 4.98 Å². The second kappa shape index (κ2) is 11.0. The van der Waals surface area contributed by atoms with Crippen molar-refractivity contribution in [2.75, 3.05) is 26.0 Å². The molecule has 0 spiro atoms. The Morgan fingerprint density at radius 3 is 2.39 bits per heavy atom. The highest BCUT2D eigenvalue weighted by Gasteiger charge is 2.26. The van der Waals surface area contributed by atoms with Crippen LogP contribution in [0.1, 0.15) is 34.5 Å². The molecule has 4 aromatic rings. The average molecular weight is 506 g/mol. The molecule has 4 rings (SSSR count). The van der Waals surface area contributed by atoms with E-state index in [-0.39, 0.29) is 12.4 Å². The Bertz CT molecular complexity index is 1380. The van der Waals surface area contributed by atoms with E-state index in [1.165, 1.54) is 4.90 Å². The Hall–Kier alpha value is -4.24. The van der Waals surface area contributed by atoms with E-state index in [4.69, 9.17) is 21.1 Å². The van der Waals surface area contributed by atoms with Gasteiger partial charge in [0.25, 0.3) is 0 Å². The molecule has 0 saturated heterocycles. The summed E-state index contributed by atoms with van der Waals surface area (Å²) in [5.41, 5.74) is 2.12. The molecule has 0 bridgehead atoms. The summed E-state index contributed by atoms with van der Waals surface area (Å²) in [6.07, 6.45) is 4.25. The lowest BCUT2D eigenvalue weighted by atomic mass is 9.95. The van der Waals surface area contributed by atoms with Crippen molar-refractivity contribution in [3.8, 4) is 5.75 Å². The summed E-state index contributed by atoms with van der Waals surface area (Å²) in [6, 6.07) is 13.3. The standard InChI is InChI=1S/C26H24ClN5O4/c1-4-35-24(33)17-10-8-16(9-11-17)21(31-25-29-13-6-14-30-25)19-15-20(27)18-7-5-12-28-22(18)23(19)36-26(34)32(2)3/h5-15,21H,4H2,1-3H3,(H,29,30,31). The lowest BCUT2D eigenvalue weighted by Gasteiger charge is -2.24. The van der Waals surface area contributed by atoms with Crippen LogP contribution >= 0.6 is 11.6 Å².